The fraction of sp³-hybridized carbons (Fsp3) is 0. The third kappa shape index (κ3) is 2.81. The number of rotatable bonds is 3. The minimum atomic E-state index is -3.89. The van der Waals surface area contributed by atoms with Gasteiger partial charge in [-0.25, -0.2) is 13.4 Å². The second-order valence-electron chi connectivity index (χ2n) is 3.62. The number of hydrogen-bond donors (Lipinski definition) is 2. The molecule has 0 unspecified atom stereocenters. The van der Waals surface area contributed by atoms with Crippen molar-refractivity contribution in [1.29, 1.82) is 5.26 Å². The fourth-order valence-electron chi connectivity index (χ4n) is 1.39. The number of pyridine rings is 1. The van der Waals surface area contributed by atoms with Crippen LogP contribution in [0.25, 0.3) is 0 Å². The van der Waals surface area contributed by atoms with Gasteiger partial charge in [0.05, 0.1) is 16.5 Å². The Morgan fingerprint density at radius 1 is 1.26 bits per heavy atom. The van der Waals surface area contributed by atoms with Gasteiger partial charge in [-0.2, -0.15) is 5.26 Å². The predicted molar refractivity (Wildman–Crippen MR) is 67.9 cm³/mol. The first-order chi connectivity index (χ1) is 9.03. The first-order valence-electron chi connectivity index (χ1n) is 5.20. The van der Waals surface area contributed by atoms with Crippen LogP contribution in [0.4, 0.5) is 5.82 Å². The molecule has 7 heteroatoms. The molecule has 96 valence electrons. The number of benzene rings is 1. The predicted octanol–water partition coefficient (Wildman–Crippen LogP) is 1.46. The van der Waals surface area contributed by atoms with E-state index in [-0.39, 0.29) is 22.0 Å². The topological polar surface area (TPSA) is 103 Å². The molecule has 0 radical (unpaired) electrons. The summed E-state index contributed by atoms with van der Waals surface area (Å²) < 4.78 is 26.3. The maximum absolute atomic E-state index is 12.1. The van der Waals surface area contributed by atoms with Gasteiger partial charge >= 0.3 is 0 Å². The summed E-state index contributed by atoms with van der Waals surface area (Å²) in [5, 5.41) is 18.2. The van der Waals surface area contributed by atoms with Crippen molar-refractivity contribution in [2.45, 2.75) is 4.90 Å². The molecule has 0 aliphatic heterocycles. The van der Waals surface area contributed by atoms with Crippen molar-refractivity contribution in [2.24, 2.45) is 0 Å². The zero-order chi connectivity index (χ0) is 13.9. The standard InChI is InChI=1S/C12H9N3O3S/c13-8-9-3-1-4-10(7-9)19(17,18)15-12-11(16)5-2-6-14-12/h1-7,16H,(H,14,15). The van der Waals surface area contributed by atoms with Crippen LogP contribution in [-0.4, -0.2) is 18.5 Å². The fourth-order valence-corrected chi connectivity index (χ4v) is 2.46. The molecular formula is C12H9N3O3S. The van der Waals surface area contributed by atoms with Gasteiger partial charge in [-0.15, -0.1) is 0 Å². The second kappa shape index (κ2) is 4.96. The molecule has 0 saturated carbocycles. The molecule has 0 amide bonds. The van der Waals surface area contributed by atoms with Gasteiger partial charge in [0.25, 0.3) is 10.0 Å². The third-order valence-corrected chi connectivity index (χ3v) is 3.63. The van der Waals surface area contributed by atoms with Gasteiger partial charge in [-0.05, 0) is 30.3 Å². The van der Waals surface area contributed by atoms with E-state index in [1.165, 1.54) is 42.6 Å². The number of anilines is 1. The SMILES string of the molecule is N#Cc1cccc(S(=O)(=O)Nc2ncccc2O)c1. The van der Waals surface area contributed by atoms with E-state index in [1.807, 2.05) is 6.07 Å². The summed E-state index contributed by atoms with van der Waals surface area (Å²) in [4.78, 5) is 3.65. The van der Waals surface area contributed by atoms with Crippen LogP contribution in [0.1, 0.15) is 5.56 Å². The zero-order valence-electron chi connectivity index (χ0n) is 9.61. The molecular weight excluding hydrogens is 266 g/mol. The van der Waals surface area contributed by atoms with Crippen LogP contribution >= 0.6 is 0 Å². The molecule has 0 aliphatic carbocycles. The lowest BCUT2D eigenvalue weighted by molar-refractivity contribution is 0.475. The van der Waals surface area contributed by atoms with Crippen LogP contribution in [0.2, 0.25) is 0 Å². The number of hydrogen-bond acceptors (Lipinski definition) is 5. The van der Waals surface area contributed by atoms with Gasteiger partial charge in [0, 0.05) is 6.20 Å². The van der Waals surface area contributed by atoms with E-state index in [0.29, 0.717) is 0 Å². The van der Waals surface area contributed by atoms with Crippen molar-refractivity contribution >= 4 is 15.8 Å². The Morgan fingerprint density at radius 3 is 2.74 bits per heavy atom. The number of sulfonamides is 1. The van der Waals surface area contributed by atoms with Crippen LogP contribution in [-0.2, 0) is 10.0 Å². The quantitative estimate of drug-likeness (QED) is 0.882. The smallest absolute Gasteiger partial charge is 0.263 e. The molecule has 0 atom stereocenters. The molecule has 19 heavy (non-hydrogen) atoms. The normalized spacial score (nSPS) is 10.7. The lowest BCUT2D eigenvalue weighted by Gasteiger charge is -2.08. The molecule has 0 aliphatic rings. The van der Waals surface area contributed by atoms with Crippen LogP contribution < -0.4 is 4.72 Å². The highest BCUT2D eigenvalue weighted by molar-refractivity contribution is 7.92. The second-order valence-corrected chi connectivity index (χ2v) is 5.30. The highest BCUT2D eigenvalue weighted by Gasteiger charge is 2.17. The molecule has 0 bridgehead atoms. The van der Waals surface area contributed by atoms with E-state index >= 15 is 0 Å². The summed E-state index contributed by atoms with van der Waals surface area (Å²) >= 11 is 0. The first-order valence-corrected chi connectivity index (χ1v) is 6.68. The number of aromatic hydroxyl groups is 1. The van der Waals surface area contributed by atoms with E-state index in [0.717, 1.165) is 0 Å². The summed E-state index contributed by atoms with van der Waals surface area (Å²) in [7, 11) is -3.89. The molecule has 0 saturated heterocycles. The van der Waals surface area contributed by atoms with Gasteiger partial charge in [-0.1, -0.05) is 6.07 Å². The molecule has 2 aromatic rings. The minimum absolute atomic E-state index is 0.0726. The lowest BCUT2D eigenvalue weighted by Crippen LogP contribution is -2.14. The number of nitrogens with zero attached hydrogens (tertiary/aromatic N) is 2. The monoisotopic (exact) mass is 275 g/mol. The first kappa shape index (κ1) is 12.9. The Labute approximate surface area is 110 Å². The maximum atomic E-state index is 12.1. The van der Waals surface area contributed by atoms with Crippen molar-refractivity contribution in [3.05, 3.63) is 48.2 Å². The summed E-state index contributed by atoms with van der Waals surface area (Å²) in [5.41, 5.74) is 0.230. The summed E-state index contributed by atoms with van der Waals surface area (Å²) in [6.45, 7) is 0. The van der Waals surface area contributed by atoms with Crippen molar-refractivity contribution < 1.29 is 13.5 Å². The summed E-state index contributed by atoms with van der Waals surface area (Å²) in [6, 6.07) is 10.2. The highest BCUT2D eigenvalue weighted by Crippen LogP contribution is 2.22. The Morgan fingerprint density at radius 2 is 2.05 bits per heavy atom. The van der Waals surface area contributed by atoms with E-state index in [4.69, 9.17) is 5.26 Å². The molecule has 0 fully saturated rings. The van der Waals surface area contributed by atoms with Gasteiger partial charge in [0.2, 0.25) is 0 Å². The lowest BCUT2D eigenvalue weighted by atomic mass is 10.2. The molecule has 6 nitrogen and oxygen atoms in total. The number of nitrogens with one attached hydrogen (secondary N) is 1. The van der Waals surface area contributed by atoms with E-state index in [1.54, 1.807) is 0 Å². The average Bonchev–Trinajstić information content (AvgIpc) is 2.41. The van der Waals surface area contributed by atoms with Crippen molar-refractivity contribution in [1.82, 2.24) is 4.98 Å². The number of nitriles is 1. The third-order valence-electron chi connectivity index (χ3n) is 2.29. The summed E-state index contributed by atoms with van der Waals surface area (Å²) in [6.07, 6.45) is 1.35. The van der Waals surface area contributed by atoms with Crippen LogP contribution in [0.3, 0.4) is 0 Å². The van der Waals surface area contributed by atoms with Gasteiger partial charge < -0.3 is 5.11 Å². The zero-order valence-corrected chi connectivity index (χ0v) is 10.4. The molecule has 2 N–H and O–H groups in total. The van der Waals surface area contributed by atoms with E-state index in [9.17, 15) is 13.5 Å². The Bertz CT molecular complexity index is 751. The van der Waals surface area contributed by atoms with Gasteiger partial charge in [0.1, 0.15) is 0 Å². The van der Waals surface area contributed by atoms with Crippen LogP contribution in [0, 0.1) is 11.3 Å². The van der Waals surface area contributed by atoms with Crippen LogP contribution in [0.15, 0.2) is 47.5 Å². The average molecular weight is 275 g/mol. The van der Waals surface area contributed by atoms with E-state index in [2.05, 4.69) is 9.71 Å². The molecule has 1 aromatic carbocycles. The minimum Gasteiger partial charge on any atom is -0.504 e. The van der Waals surface area contributed by atoms with Crippen molar-refractivity contribution in [2.75, 3.05) is 4.72 Å². The van der Waals surface area contributed by atoms with Crippen molar-refractivity contribution in [3.63, 3.8) is 0 Å². The Kier molecular flexibility index (Phi) is 3.35. The van der Waals surface area contributed by atoms with Crippen molar-refractivity contribution in [3.8, 4) is 11.8 Å². The van der Waals surface area contributed by atoms with Gasteiger partial charge in [-0.3, -0.25) is 4.72 Å². The van der Waals surface area contributed by atoms with Crippen LogP contribution in [0.5, 0.6) is 5.75 Å². The number of aromatic nitrogens is 1. The van der Waals surface area contributed by atoms with E-state index < -0.39 is 10.0 Å². The highest BCUT2D eigenvalue weighted by atomic mass is 32.2. The molecule has 1 aromatic heterocycles. The molecule has 2 rings (SSSR count). The molecule has 0 spiro atoms. The largest absolute Gasteiger partial charge is 0.504 e. The Balaban J connectivity index is 2.39. The maximum Gasteiger partial charge on any atom is 0.263 e. The Hall–Kier alpha value is -2.59. The molecule has 1 heterocycles. The van der Waals surface area contributed by atoms with Gasteiger partial charge in [0.15, 0.2) is 11.6 Å². The summed E-state index contributed by atoms with van der Waals surface area (Å²) in [5.74, 6) is -0.438.